The number of halogens is 1. The third-order valence-corrected chi connectivity index (χ3v) is 2.22. The first kappa shape index (κ1) is 10.8. The molecule has 1 aromatic rings. The zero-order chi connectivity index (χ0) is 10.6. The Morgan fingerprint density at radius 1 is 1.57 bits per heavy atom. The molecule has 0 unspecified atom stereocenters. The molecule has 0 aliphatic carbocycles. The first-order chi connectivity index (χ1) is 6.69. The molecule has 0 aliphatic rings. The van der Waals surface area contributed by atoms with Gasteiger partial charge in [-0.3, -0.25) is 0 Å². The summed E-state index contributed by atoms with van der Waals surface area (Å²) in [6.07, 6.45) is 1.48. The third kappa shape index (κ3) is 2.34. The van der Waals surface area contributed by atoms with Crippen molar-refractivity contribution in [2.24, 2.45) is 4.99 Å². The van der Waals surface area contributed by atoms with Crippen LogP contribution in [0, 0.1) is 6.92 Å². The number of nitrogens with zero attached hydrogens (tertiary/aromatic N) is 1. The van der Waals surface area contributed by atoms with E-state index in [4.69, 9.17) is 16.3 Å². The van der Waals surface area contributed by atoms with Crippen LogP contribution in [0.1, 0.15) is 11.1 Å². The molecular weight excluding hydrogens is 202 g/mol. The Morgan fingerprint density at radius 3 is 2.86 bits per heavy atom. The van der Waals surface area contributed by atoms with E-state index in [0.29, 0.717) is 10.8 Å². The second-order valence-corrected chi connectivity index (χ2v) is 3.23. The zero-order valence-corrected chi connectivity index (χ0v) is 8.76. The predicted octanol–water partition coefficient (Wildman–Crippen LogP) is 2.49. The number of isocyanates is 1. The van der Waals surface area contributed by atoms with Crippen molar-refractivity contribution in [2.75, 3.05) is 7.11 Å². The van der Waals surface area contributed by atoms with Crippen molar-refractivity contribution in [1.29, 1.82) is 0 Å². The molecule has 1 aromatic carbocycles. The molecule has 0 bridgehead atoms. The average molecular weight is 212 g/mol. The Bertz CT molecular complexity index is 384. The summed E-state index contributed by atoms with van der Waals surface area (Å²) in [5.41, 5.74) is 1.79. The van der Waals surface area contributed by atoms with Gasteiger partial charge in [0.25, 0.3) is 0 Å². The van der Waals surface area contributed by atoms with E-state index in [1.165, 1.54) is 6.08 Å². The lowest BCUT2D eigenvalue weighted by Crippen LogP contribution is -1.91. The van der Waals surface area contributed by atoms with Gasteiger partial charge in [0.2, 0.25) is 6.08 Å². The maximum absolute atomic E-state index is 9.96. The minimum atomic E-state index is 0.236. The van der Waals surface area contributed by atoms with Gasteiger partial charge in [-0.05, 0) is 24.1 Å². The molecule has 0 aliphatic heterocycles. The zero-order valence-electron chi connectivity index (χ0n) is 8.00. The number of hydrogen-bond donors (Lipinski definition) is 0. The highest BCUT2D eigenvalue weighted by atomic mass is 35.5. The Labute approximate surface area is 87.4 Å². The van der Waals surface area contributed by atoms with E-state index >= 15 is 0 Å². The molecule has 0 N–H and O–H groups in total. The largest absolute Gasteiger partial charge is 0.495 e. The van der Waals surface area contributed by atoms with Gasteiger partial charge < -0.3 is 4.74 Å². The van der Waals surface area contributed by atoms with Crippen molar-refractivity contribution in [2.45, 2.75) is 13.5 Å². The molecule has 1 rings (SSSR count). The lowest BCUT2D eigenvalue weighted by molar-refractivity contribution is 0.414. The van der Waals surface area contributed by atoms with Crippen molar-refractivity contribution < 1.29 is 9.53 Å². The van der Waals surface area contributed by atoms with Gasteiger partial charge in [0.15, 0.2) is 0 Å². The van der Waals surface area contributed by atoms with Gasteiger partial charge in [-0.2, -0.15) is 0 Å². The van der Waals surface area contributed by atoms with Crippen LogP contribution in [0.25, 0.3) is 0 Å². The van der Waals surface area contributed by atoms with Crippen LogP contribution in [-0.4, -0.2) is 13.2 Å². The number of hydrogen-bond acceptors (Lipinski definition) is 3. The Balaban J connectivity index is 3.14. The number of benzene rings is 1. The number of ether oxygens (including phenoxy) is 1. The van der Waals surface area contributed by atoms with E-state index in [2.05, 4.69) is 4.99 Å². The summed E-state index contributed by atoms with van der Waals surface area (Å²) in [7, 11) is 1.55. The molecule has 0 atom stereocenters. The summed E-state index contributed by atoms with van der Waals surface area (Å²) in [4.78, 5) is 13.4. The molecule has 0 fully saturated rings. The van der Waals surface area contributed by atoms with E-state index in [1.54, 1.807) is 7.11 Å². The minimum Gasteiger partial charge on any atom is -0.495 e. The molecular formula is C10H10ClNO2. The van der Waals surface area contributed by atoms with Crippen molar-refractivity contribution >= 4 is 17.7 Å². The quantitative estimate of drug-likeness (QED) is 0.569. The fraction of sp³-hybridized carbons (Fsp3) is 0.300. The normalized spacial score (nSPS) is 9.36. The number of carbonyl (C=O) groups excluding carboxylic acids is 1. The average Bonchev–Trinajstić information content (AvgIpc) is 2.18. The second kappa shape index (κ2) is 4.80. The summed E-state index contributed by atoms with van der Waals surface area (Å²) < 4.78 is 5.07. The molecule has 74 valence electrons. The van der Waals surface area contributed by atoms with Crippen LogP contribution in [0.5, 0.6) is 5.75 Å². The fourth-order valence-corrected chi connectivity index (χ4v) is 1.44. The summed E-state index contributed by atoms with van der Waals surface area (Å²) in [6.45, 7) is 2.16. The monoisotopic (exact) mass is 211 g/mol. The van der Waals surface area contributed by atoms with Crippen LogP contribution in [0.2, 0.25) is 5.02 Å². The van der Waals surface area contributed by atoms with Gasteiger partial charge in [-0.15, -0.1) is 0 Å². The predicted molar refractivity (Wildman–Crippen MR) is 54.6 cm³/mol. The first-order valence-electron chi connectivity index (χ1n) is 4.05. The van der Waals surface area contributed by atoms with Crippen LogP contribution in [0.3, 0.4) is 0 Å². The molecule has 0 radical (unpaired) electrons. The molecule has 0 amide bonds. The SMILES string of the molecule is COc1cc(C)cc(CN=C=O)c1Cl. The van der Waals surface area contributed by atoms with E-state index in [9.17, 15) is 4.79 Å². The van der Waals surface area contributed by atoms with Crippen molar-refractivity contribution in [1.82, 2.24) is 0 Å². The van der Waals surface area contributed by atoms with Crippen LogP contribution in [0.4, 0.5) is 0 Å². The van der Waals surface area contributed by atoms with Gasteiger partial charge in [-0.1, -0.05) is 17.7 Å². The van der Waals surface area contributed by atoms with Gasteiger partial charge in [0.05, 0.1) is 18.7 Å². The minimum absolute atomic E-state index is 0.236. The van der Waals surface area contributed by atoms with Gasteiger partial charge >= 0.3 is 0 Å². The molecule has 0 saturated carbocycles. The molecule has 0 spiro atoms. The van der Waals surface area contributed by atoms with Crippen molar-refractivity contribution in [3.05, 3.63) is 28.3 Å². The van der Waals surface area contributed by atoms with Gasteiger partial charge in [0.1, 0.15) is 5.75 Å². The van der Waals surface area contributed by atoms with Crippen LogP contribution >= 0.6 is 11.6 Å². The van der Waals surface area contributed by atoms with Crippen LogP contribution < -0.4 is 4.74 Å². The summed E-state index contributed by atoms with van der Waals surface area (Å²) in [5.74, 6) is 0.600. The Hall–Kier alpha value is -1.31. The van der Waals surface area contributed by atoms with Gasteiger partial charge in [-0.25, -0.2) is 9.79 Å². The number of aryl methyl sites for hydroxylation is 1. The highest BCUT2D eigenvalue weighted by Crippen LogP contribution is 2.29. The molecule has 0 heterocycles. The number of rotatable bonds is 3. The maximum Gasteiger partial charge on any atom is 0.235 e. The second-order valence-electron chi connectivity index (χ2n) is 2.85. The molecule has 3 nitrogen and oxygen atoms in total. The smallest absolute Gasteiger partial charge is 0.235 e. The van der Waals surface area contributed by atoms with Gasteiger partial charge in [0, 0.05) is 0 Å². The standard InChI is InChI=1S/C10H10ClNO2/c1-7-3-8(5-12-6-13)10(11)9(4-7)14-2/h3-4H,5H2,1-2H3. The van der Waals surface area contributed by atoms with Crippen molar-refractivity contribution in [3.63, 3.8) is 0 Å². The highest BCUT2D eigenvalue weighted by Gasteiger charge is 2.07. The first-order valence-corrected chi connectivity index (χ1v) is 4.43. The van der Waals surface area contributed by atoms with E-state index < -0.39 is 0 Å². The fourth-order valence-electron chi connectivity index (χ4n) is 1.19. The lowest BCUT2D eigenvalue weighted by atomic mass is 10.1. The van der Waals surface area contributed by atoms with Crippen molar-refractivity contribution in [3.8, 4) is 5.75 Å². The number of methoxy groups -OCH3 is 1. The van der Waals surface area contributed by atoms with Crippen LogP contribution in [-0.2, 0) is 11.3 Å². The Morgan fingerprint density at radius 2 is 2.29 bits per heavy atom. The summed E-state index contributed by atoms with van der Waals surface area (Å²) >= 11 is 6.00. The third-order valence-electron chi connectivity index (χ3n) is 1.79. The molecule has 4 heteroatoms. The molecule has 0 aromatic heterocycles. The summed E-state index contributed by atoms with van der Waals surface area (Å²) in [6, 6.07) is 3.70. The van der Waals surface area contributed by atoms with E-state index in [1.807, 2.05) is 19.1 Å². The van der Waals surface area contributed by atoms with E-state index in [-0.39, 0.29) is 6.54 Å². The maximum atomic E-state index is 9.96. The van der Waals surface area contributed by atoms with Crippen LogP contribution in [0.15, 0.2) is 17.1 Å². The molecule has 14 heavy (non-hydrogen) atoms. The van der Waals surface area contributed by atoms with E-state index in [0.717, 1.165) is 11.1 Å². The lowest BCUT2D eigenvalue weighted by Gasteiger charge is -2.07. The number of aliphatic imine (C=N–C) groups is 1. The Kier molecular flexibility index (Phi) is 3.69. The molecule has 0 saturated heterocycles. The highest BCUT2D eigenvalue weighted by molar-refractivity contribution is 6.32. The topological polar surface area (TPSA) is 38.7 Å². The summed E-state index contributed by atoms with van der Waals surface area (Å²) in [5, 5.41) is 0.497.